The summed E-state index contributed by atoms with van der Waals surface area (Å²) in [5.74, 6) is 0.911. The Morgan fingerprint density at radius 2 is 1.82 bits per heavy atom. The van der Waals surface area contributed by atoms with Crippen LogP contribution in [-0.4, -0.2) is 13.6 Å². The first-order valence-corrected chi connectivity index (χ1v) is 6.96. The lowest BCUT2D eigenvalue weighted by atomic mass is 9.89. The second-order valence-electron chi connectivity index (χ2n) is 5.60. The van der Waals surface area contributed by atoms with Crippen LogP contribution in [0.1, 0.15) is 43.2 Å². The summed E-state index contributed by atoms with van der Waals surface area (Å²) in [6.07, 6.45) is 7.17. The van der Waals surface area contributed by atoms with Gasteiger partial charge in [-0.05, 0) is 49.8 Å². The molecule has 1 nitrogen and oxygen atoms in total. The van der Waals surface area contributed by atoms with Crippen molar-refractivity contribution >= 4 is 5.69 Å². The van der Waals surface area contributed by atoms with Crippen LogP contribution in [0.25, 0.3) is 0 Å². The molecule has 0 aliphatic heterocycles. The predicted molar refractivity (Wildman–Crippen MR) is 75.8 cm³/mol. The summed E-state index contributed by atoms with van der Waals surface area (Å²) in [6.45, 7) is 5.67. The van der Waals surface area contributed by atoms with E-state index in [1.165, 1.54) is 55.5 Å². The van der Waals surface area contributed by atoms with Gasteiger partial charge in [0.05, 0.1) is 0 Å². The summed E-state index contributed by atoms with van der Waals surface area (Å²) in [5.41, 5.74) is 4.25. The molecule has 1 aliphatic carbocycles. The molecule has 0 amide bonds. The number of anilines is 1. The molecule has 1 saturated carbocycles. The van der Waals surface area contributed by atoms with Crippen molar-refractivity contribution in [1.82, 2.24) is 0 Å². The zero-order valence-corrected chi connectivity index (χ0v) is 11.5. The quantitative estimate of drug-likeness (QED) is 0.749. The van der Waals surface area contributed by atoms with Gasteiger partial charge in [-0.1, -0.05) is 31.4 Å². The van der Waals surface area contributed by atoms with E-state index in [2.05, 4.69) is 44.0 Å². The molecule has 1 aliphatic rings. The number of hydrogen-bond donors (Lipinski definition) is 0. The van der Waals surface area contributed by atoms with Crippen molar-refractivity contribution in [2.24, 2.45) is 5.92 Å². The minimum Gasteiger partial charge on any atom is -0.374 e. The molecule has 1 heteroatoms. The fraction of sp³-hybridized carbons (Fsp3) is 0.625. The number of rotatable bonds is 3. The van der Waals surface area contributed by atoms with Crippen LogP contribution >= 0.6 is 0 Å². The van der Waals surface area contributed by atoms with Gasteiger partial charge in [0.25, 0.3) is 0 Å². The Hall–Kier alpha value is -0.980. The molecule has 0 atom stereocenters. The Labute approximate surface area is 106 Å². The molecule has 1 aromatic rings. The first-order chi connectivity index (χ1) is 8.18. The summed E-state index contributed by atoms with van der Waals surface area (Å²) < 4.78 is 0. The van der Waals surface area contributed by atoms with Crippen molar-refractivity contribution in [1.29, 1.82) is 0 Å². The van der Waals surface area contributed by atoms with Gasteiger partial charge in [0.2, 0.25) is 0 Å². The van der Waals surface area contributed by atoms with Crippen LogP contribution in [0.2, 0.25) is 0 Å². The van der Waals surface area contributed by atoms with E-state index in [4.69, 9.17) is 0 Å². The normalized spacial score (nSPS) is 17.1. The highest BCUT2D eigenvalue weighted by Gasteiger charge is 2.16. The molecule has 0 aromatic heterocycles. The first kappa shape index (κ1) is 12.5. The number of nitrogens with zero attached hydrogens (tertiary/aromatic N) is 1. The van der Waals surface area contributed by atoms with E-state index in [1.807, 2.05) is 0 Å². The van der Waals surface area contributed by atoms with Gasteiger partial charge in [-0.3, -0.25) is 0 Å². The SMILES string of the molecule is Cc1cccc(N(C)CC2CCCCC2)c1C. The standard InChI is InChI=1S/C16H25N/c1-13-8-7-11-16(14(13)2)17(3)12-15-9-5-4-6-10-15/h7-8,11,15H,4-6,9-10,12H2,1-3H3. The molecule has 1 fully saturated rings. The highest BCUT2D eigenvalue weighted by Crippen LogP contribution is 2.27. The maximum absolute atomic E-state index is 2.46. The Morgan fingerprint density at radius 3 is 2.53 bits per heavy atom. The molecular formula is C16H25N. The van der Waals surface area contributed by atoms with Crippen molar-refractivity contribution in [3.05, 3.63) is 29.3 Å². The van der Waals surface area contributed by atoms with Crippen molar-refractivity contribution in [3.63, 3.8) is 0 Å². The lowest BCUT2D eigenvalue weighted by Crippen LogP contribution is -2.27. The Balaban J connectivity index is 2.03. The third-order valence-corrected chi connectivity index (χ3v) is 4.24. The maximum Gasteiger partial charge on any atom is 0.0396 e. The third-order valence-electron chi connectivity index (χ3n) is 4.24. The van der Waals surface area contributed by atoms with Gasteiger partial charge < -0.3 is 4.90 Å². The van der Waals surface area contributed by atoms with Crippen LogP contribution in [-0.2, 0) is 0 Å². The third kappa shape index (κ3) is 3.02. The van der Waals surface area contributed by atoms with E-state index < -0.39 is 0 Å². The monoisotopic (exact) mass is 231 g/mol. The predicted octanol–water partition coefficient (Wildman–Crippen LogP) is 4.32. The van der Waals surface area contributed by atoms with Crippen LogP contribution in [0.5, 0.6) is 0 Å². The van der Waals surface area contributed by atoms with Gasteiger partial charge in [-0.25, -0.2) is 0 Å². The number of hydrogen-bond acceptors (Lipinski definition) is 1. The summed E-state index contributed by atoms with van der Waals surface area (Å²) in [4.78, 5) is 2.46. The van der Waals surface area contributed by atoms with E-state index >= 15 is 0 Å². The molecule has 1 aromatic carbocycles. The highest BCUT2D eigenvalue weighted by atomic mass is 15.1. The lowest BCUT2D eigenvalue weighted by Gasteiger charge is -2.29. The molecule has 94 valence electrons. The van der Waals surface area contributed by atoms with Gasteiger partial charge >= 0.3 is 0 Å². The van der Waals surface area contributed by atoms with Gasteiger partial charge in [-0.15, -0.1) is 0 Å². The Bertz CT molecular complexity index is 364. The maximum atomic E-state index is 2.46. The zero-order valence-electron chi connectivity index (χ0n) is 11.5. The van der Waals surface area contributed by atoms with Gasteiger partial charge in [-0.2, -0.15) is 0 Å². The smallest absolute Gasteiger partial charge is 0.0396 e. The van der Waals surface area contributed by atoms with Crippen LogP contribution in [0.15, 0.2) is 18.2 Å². The second-order valence-corrected chi connectivity index (χ2v) is 5.60. The van der Waals surface area contributed by atoms with Gasteiger partial charge in [0, 0.05) is 19.3 Å². The van der Waals surface area contributed by atoms with Crippen LogP contribution in [0.3, 0.4) is 0 Å². The van der Waals surface area contributed by atoms with Crippen molar-refractivity contribution in [2.75, 3.05) is 18.5 Å². The first-order valence-electron chi connectivity index (χ1n) is 6.96. The Kier molecular flexibility index (Phi) is 4.09. The van der Waals surface area contributed by atoms with Crippen LogP contribution in [0.4, 0.5) is 5.69 Å². The van der Waals surface area contributed by atoms with Crippen molar-refractivity contribution in [2.45, 2.75) is 46.0 Å². The van der Waals surface area contributed by atoms with Crippen molar-refractivity contribution < 1.29 is 0 Å². The van der Waals surface area contributed by atoms with Crippen LogP contribution < -0.4 is 4.90 Å². The molecule has 0 N–H and O–H groups in total. The van der Waals surface area contributed by atoms with E-state index in [1.54, 1.807) is 0 Å². The topological polar surface area (TPSA) is 3.24 Å². The molecule has 0 unspecified atom stereocenters. The molecule has 0 bridgehead atoms. The summed E-state index contributed by atoms with van der Waals surface area (Å²) in [5, 5.41) is 0. The summed E-state index contributed by atoms with van der Waals surface area (Å²) in [7, 11) is 2.25. The van der Waals surface area contributed by atoms with E-state index in [-0.39, 0.29) is 0 Å². The van der Waals surface area contributed by atoms with E-state index in [0.29, 0.717) is 0 Å². The second kappa shape index (κ2) is 5.57. The number of aryl methyl sites for hydroxylation is 1. The number of benzene rings is 1. The minimum absolute atomic E-state index is 0.911. The molecular weight excluding hydrogens is 206 g/mol. The van der Waals surface area contributed by atoms with Gasteiger partial charge in [0.15, 0.2) is 0 Å². The van der Waals surface area contributed by atoms with Gasteiger partial charge in [0.1, 0.15) is 0 Å². The average Bonchev–Trinajstić information content (AvgIpc) is 2.34. The highest BCUT2D eigenvalue weighted by molar-refractivity contribution is 5.55. The van der Waals surface area contributed by atoms with Crippen LogP contribution in [0, 0.1) is 19.8 Å². The molecule has 0 saturated heterocycles. The molecule has 0 heterocycles. The summed E-state index contributed by atoms with van der Waals surface area (Å²) >= 11 is 0. The minimum atomic E-state index is 0.911. The molecule has 0 radical (unpaired) electrons. The Morgan fingerprint density at radius 1 is 1.12 bits per heavy atom. The molecule has 2 rings (SSSR count). The fourth-order valence-corrected chi connectivity index (χ4v) is 3.00. The summed E-state index contributed by atoms with van der Waals surface area (Å²) in [6, 6.07) is 6.63. The van der Waals surface area contributed by atoms with E-state index in [9.17, 15) is 0 Å². The fourth-order valence-electron chi connectivity index (χ4n) is 3.00. The largest absolute Gasteiger partial charge is 0.374 e. The van der Waals surface area contributed by atoms with E-state index in [0.717, 1.165) is 5.92 Å². The molecule has 0 spiro atoms. The average molecular weight is 231 g/mol. The van der Waals surface area contributed by atoms with Crippen molar-refractivity contribution in [3.8, 4) is 0 Å². The lowest BCUT2D eigenvalue weighted by molar-refractivity contribution is 0.362. The zero-order chi connectivity index (χ0) is 12.3. The molecule has 17 heavy (non-hydrogen) atoms.